The first-order valence-corrected chi connectivity index (χ1v) is 11.5. The van der Waals surface area contributed by atoms with Crippen LogP contribution in [0.5, 0.6) is 5.75 Å². The lowest BCUT2D eigenvalue weighted by Gasteiger charge is -2.37. The van der Waals surface area contributed by atoms with Crippen molar-refractivity contribution in [2.75, 3.05) is 54.1 Å². The van der Waals surface area contributed by atoms with Crippen LogP contribution >= 0.6 is 11.6 Å². The fraction of sp³-hybridized carbons (Fsp3) is 0.240. The van der Waals surface area contributed by atoms with Crippen LogP contribution in [0.15, 0.2) is 54.7 Å². The number of ether oxygens (including phenoxy) is 1. The molecule has 1 fully saturated rings. The van der Waals surface area contributed by atoms with Crippen molar-refractivity contribution in [3.63, 3.8) is 0 Å². The number of fused-ring (bicyclic) bond motifs is 1. The number of anilines is 5. The van der Waals surface area contributed by atoms with Gasteiger partial charge < -0.3 is 25.6 Å². The third kappa shape index (κ3) is 4.63. The molecular weight excluding hydrogens is 450 g/mol. The molecule has 3 N–H and O–H groups in total. The Balaban J connectivity index is 1.33. The van der Waals surface area contributed by atoms with E-state index in [1.165, 1.54) is 5.69 Å². The minimum atomic E-state index is 0.530. The summed E-state index contributed by atoms with van der Waals surface area (Å²) in [5.74, 6) is 2.11. The highest BCUT2D eigenvalue weighted by Gasteiger charge is 2.21. The number of nitrogen functional groups attached to an aromatic ring is 1. The average Bonchev–Trinajstić information content (AvgIpc) is 2.83. The van der Waals surface area contributed by atoms with Crippen LogP contribution < -0.4 is 25.6 Å². The van der Waals surface area contributed by atoms with E-state index in [9.17, 15) is 0 Å². The Kier molecular flexibility index (Phi) is 5.98. The lowest BCUT2D eigenvalue weighted by atomic mass is 10.1. The molecule has 0 amide bonds. The van der Waals surface area contributed by atoms with Gasteiger partial charge in [0.2, 0.25) is 5.95 Å². The van der Waals surface area contributed by atoms with Crippen molar-refractivity contribution in [1.82, 2.24) is 15.0 Å². The van der Waals surface area contributed by atoms with Gasteiger partial charge in [-0.15, -0.1) is 0 Å². The van der Waals surface area contributed by atoms with Gasteiger partial charge in [-0.3, -0.25) is 4.98 Å². The highest BCUT2D eigenvalue weighted by molar-refractivity contribution is 6.31. The molecule has 0 spiro atoms. The summed E-state index contributed by atoms with van der Waals surface area (Å²) in [6.45, 7) is 5.42. The zero-order valence-electron chi connectivity index (χ0n) is 19.1. The van der Waals surface area contributed by atoms with Gasteiger partial charge in [-0.25, -0.2) is 4.98 Å². The second kappa shape index (κ2) is 9.23. The number of nitrogens with two attached hydrogens (primary N) is 1. The number of hydrogen-bond acceptors (Lipinski definition) is 8. The summed E-state index contributed by atoms with van der Waals surface area (Å²) in [6.07, 6.45) is 1.84. The largest absolute Gasteiger partial charge is 0.497 e. The van der Waals surface area contributed by atoms with E-state index in [1.54, 1.807) is 13.2 Å². The van der Waals surface area contributed by atoms with Crippen LogP contribution in [0.1, 0.15) is 5.69 Å². The minimum Gasteiger partial charge on any atom is -0.497 e. The molecule has 9 heteroatoms. The molecule has 1 saturated heterocycles. The molecule has 34 heavy (non-hydrogen) atoms. The van der Waals surface area contributed by atoms with Crippen molar-refractivity contribution in [3.8, 4) is 5.75 Å². The third-order valence-electron chi connectivity index (χ3n) is 5.89. The molecule has 1 aliphatic rings. The molecule has 0 saturated carbocycles. The zero-order valence-corrected chi connectivity index (χ0v) is 19.9. The maximum absolute atomic E-state index is 6.15. The summed E-state index contributed by atoms with van der Waals surface area (Å²) in [5, 5.41) is 5.07. The number of nitrogens with one attached hydrogen (secondary N) is 1. The van der Waals surface area contributed by atoms with Crippen molar-refractivity contribution in [2.24, 2.45) is 0 Å². The minimum absolute atomic E-state index is 0.530. The number of aromatic nitrogens is 3. The fourth-order valence-corrected chi connectivity index (χ4v) is 4.44. The van der Waals surface area contributed by atoms with Crippen molar-refractivity contribution >= 4 is 51.3 Å². The fourth-order valence-electron chi connectivity index (χ4n) is 4.27. The highest BCUT2D eigenvalue weighted by Crippen LogP contribution is 2.29. The Morgan fingerprint density at radius 2 is 1.76 bits per heavy atom. The molecule has 2 aromatic heterocycles. The van der Waals surface area contributed by atoms with E-state index in [1.807, 2.05) is 49.5 Å². The Hall–Kier alpha value is -3.78. The molecule has 3 heterocycles. The third-order valence-corrected chi connectivity index (χ3v) is 6.12. The van der Waals surface area contributed by atoms with Crippen molar-refractivity contribution in [2.45, 2.75) is 6.92 Å². The van der Waals surface area contributed by atoms with Gasteiger partial charge in [0.05, 0.1) is 12.6 Å². The smallest absolute Gasteiger partial charge is 0.229 e. The summed E-state index contributed by atoms with van der Waals surface area (Å²) in [5.41, 5.74) is 10.4. The number of nitrogens with zero attached hydrogens (tertiary/aromatic N) is 5. The molecule has 8 nitrogen and oxygen atoms in total. The van der Waals surface area contributed by atoms with E-state index in [4.69, 9.17) is 27.1 Å². The molecule has 0 bridgehead atoms. The molecule has 0 aliphatic carbocycles. The standard InChI is InChI=1S/C25H26ClN7O/c1-16-11-24(31-25(29-16)30-19-13-18(27)14-20(15-19)34-2)33-9-7-32(8-10-33)23-5-6-28-22-12-17(26)3-4-21(22)23/h3-6,11-15H,7-10,27H2,1-2H3,(H,29,30,31). The highest BCUT2D eigenvalue weighted by atomic mass is 35.5. The van der Waals surface area contributed by atoms with Gasteiger partial charge in [0.15, 0.2) is 0 Å². The average molecular weight is 476 g/mol. The quantitative estimate of drug-likeness (QED) is 0.403. The van der Waals surface area contributed by atoms with Gasteiger partial charge >= 0.3 is 0 Å². The van der Waals surface area contributed by atoms with E-state index in [0.717, 1.165) is 54.3 Å². The number of halogens is 1. The normalized spacial score (nSPS) is 13.9. The maximum Gasteiger partial charge on any atom is 0.229 e. The lowest BCUT2D eigenvalue weighted by Crippen LogP contribution is -2.47. The molecule has 174 valence electrons. The molecule has 2 aromatic carbocycles. The van der Waals surface area contributed by atoms with E-state index in [-0.39, 0.29) is 0 Å². The predicted molar refractivity (Wildman–Crippen MR) is 139 cm³/mol. The van der Waals surface area contributed by atoms with Gasteiger partial charge in [-0.05, 0) is 37.3 Å². The Morgan fingerprint density at radius 3 is 2.56 bits per heavy atom. The zero-order chi connectivity index (χ0) is 23.7. The molecule has 0 unspecified atom stereocenters. The van der Waals surface area contributed by atoms with Crippen LogP contribution in [0.4, 0.5) is 28.8 Å². The monoisotopic (exact) mass is 475 g/mol. The van der Waals surface area contributed by atoms with Crippen LogP contribution in [-0.4, -0.2) is 48.2 Å². The summed E-state index contributed by atoms with van der Waals surface area (Å²) in [7, 11) is 1.61. The van der Waals surface area contributed by atoms with E-state index in [0.29, 0.717) is 22.4 Å². The summed E-state index contributed by atoms with van der Waals surface area (Å²) in [6, 6.07) is 15.4. The SMILES string of the molecule is COc1cc(N)cc(Nc2nc(C)cc(N3CCN(c4ccnc5cc(Cl)ccc45)CC3)n2)c1. The number of hydrogen-bond donors (Lipinski definition) is 2. The van der Waals surface area contributed by atoms with Crippen molar-refractivity contribution in [1.29, 1.82) is 0 Å². The Bertz CT molecular complexity index is 1340. The first kappa shape index (κ1) is 22.0. The molecule has 4 aromatic rings. The molecule has 1 aliphatic heterocycles. The van der Waals surface area contributed by atoms with E-state index in [2.05, 4.69) is 31.2 Å². The van der Waals surface area contributed by atoms with Gasteiger partial charge in [0.25, 0.3) is 0 Å². The second-order valence-corrected chi connectivity index (χ2v) is 8.71. The summed E-state index contributed by atoms with van der Waals surface area (Å²) >= 11 is 6.15. The Labute approximate surface area is 203 Å². The van der Waals surface area contributed by atoms with Crippen LogP contribution in [0.3, 0.4) is 0 Å². The van der Waals surface area contributed by atoms with Crippen molar-refractivity contribution < 1.29 is 4.74 Å². The molecule has 0 atom stereocenters. The predicted octanol–water partition coefficient (Wildman–Crippen LogP) is 4.65. The number of piperazine rings is 1. The summed E-state index contributed by atoms with van der Waals surface area (Å²) < 4.78 is 5.31. The van der Waals surface area contributed by atoms with Gasteiger partial charge in [0, 0.05) is 83.7 Å². The van der Waals surface area contributed by atoms with Gasteiger partial charge in [-0.2, -0.15) is 4.98 Å². The number of rotatable bonds is 5. The van der Waals surface area contributed by atoms with Crippen LogP contribution in [0.2, 0.25) is 5.02 Å². The second-order valence-electron chi connectivity index (χ2n) is 8.28. The number of aryl methyl sites for hydroxylation is 1. The van der Waals surface area contributed by atoms with E-state index >= 15 is 0 Å². The molecule has 0 radical (unpaired) electrons. The lowest BCUT2D eigenvalue weighted by molar-refractivity contribution is 0.415. The number of pyridine rings is 1. The summed E-state index contributed by atoms with van der Waals surface area (Å²) in [4.78, 5) is 18.5. The first-order valence-electron chi connectivity index (χ1n) is 11.1. The van der Waals surface area contributed by atoms with Gasteiger partial charge in [0.1, 0.15) is 11.6 Å². The number of benzene rings is 2. The van der Waals surface area contributed by atoms with Crippen LogP contribution in [0, 0.1) is 6.92 Å². The maximum atomic E-state index is 6.15. The van der Waals surface area contributed by atoms with E-state index < -0.39 is 0 Å². The van der Waals surface area contributed by atoms with Crippen LogP contribution in [-0.2, 0) is 0 Å². The Morgan fingerprint density at radius 1 is 0.971 bits per heavy atom. The molecular formula is C25H26ClN7O. The van der Waals surface area contributed by atoms with Gasteiger partial charge in [-0.1, -0.05) is 11.6 Å². The number of methoxy groups -OCH3 is 1. The molecule has 5 rings (SSSR count). The van der Waals surface area contributed by atoms with Crippen LogP contribution in [0.25, 0.3) is 10.9 Å². The topological polar surface area (TPSA) is 92.4 Å². The van der Waals surface area contributed by atoms with Crippen molar-refractivity contribution in [3.05, 3.63) is 65.4 Å². The first-order chi connectivity index (χ1) is 16.5.